The molecule has 15 heteroatoms. The molecule has 3 N–H and O–H groups in total. The van der Waals surface area contributed by atoms with E-state index in [-0.39, 0.29) is 44.1 Å². The van der Waals surface area contributed by atoms with Gasteiger partial charge >= 0.3 is 0 Å². The lowest BCUT2D eigenvalue weighted by Crippen LogP contribution is -2.60. The van der Waals surface area contributed by atoms with Crippen molar-refractivity contribution in [2.24, 2.45) is 22.4 Å². The van der Waals surface area contributed by atoms with Gasteiger partial charge in [0, 0.05) is 49.0 Å². The van der Waals surface area contributed by atoms with Crippen LogP contribution < -0.4 is 15.4 Å². The smallest absolute Gasteiger partial charge is 0.259 e. The fraction of sp³-hybridized carbons (Fsp3) is 0.629. The standard InChI is InChI=1S/C35H46ClN5O8S/c1-5-23-17-35(23,32(45)40-50(46,47)25-9-10-25)38-30(43)27-19-34(18-26(39-49-34)22-7-6-8-24(36)16-22)20-41(27)31(44)29(33(2,3)4)37-28(42)15-21-11-13-48-14-12-21/h5-8,16,21,23,25,27,29H,1,9-15,17-20H2,2-4H3,(H,37,42)(H,38,43)(H,40,45)/t23-,27+,29-,34-,35-/m1/s1. The number of oxime groups is 1. The summed E-state index contributed by atoms with van der Waals surface area (Å²) in [6.07, 6.45) is 4.69. The average Bonchev–Trinajstić information content (AvgIpc) is 3.97. The first-order chi connectivity index (χ1) is 23.6. The third-order valence-electron chi connectivity index (χ3n) is 10.5. The van der Waals surface area contributed by atoms with Gasteiger partial charge in [0.15, 0.2) is 5.60 Å². The van der Waals surface area contributed by atoms with E-state index in [0.717, 1.165) is 18.4 Å². The number of hydrogen-bond acceptors (Lipinski definition) is 9. The Balaban J connectivity index is 1.26. The van der Waals surface area contributed by atoms with Crippen molar-refractivity contribution in [1.29, 1.82) is 0 Å². The molecule has 3 aliphatic heterocycles. The van der Waals surface area contributed by atoms with Gasteiger partial charge in [-0.05, 0) is 55.6 Å². The van der Waals surface area contributed by atoms with Crippen molar-refractivity contribution in [2.45, 2.75) is 101 Å². The summed E-state index contributed by atoms with van der Waals surface area (Å²) in [7, 11) is -3.89. The lowest BCUT2D eigenvalue weighted by atomic mass is 9.85. The highest BCUT2D eigenvalue weighted by Gasteiger charge is 2.63. The Morgan fingerprint density at radius 2 is 1.86 bits per heavy atom. The highest BCUT2D eigenvalue weighted by molar-refractivity contribution is 7.91. The minimum Gasteiger partial charge on any atom is -0.387 e. The summed E-state index contributed by atoms with van der Waals surface area (Å²) in [6.45, 7) is 10.5. The molecular weight excluding hydrogens is 686 g/mol. The van der Waals surface area contributed by atoms with E-state index in [2.05, 4.69) is 27.1 Å². The van der Waals surface area contributed by atoms with Gasteiger partial charge in [-0.1, -0.05) is 55.7 Å². The van der Waals surface area contributed by atoms with Crippen molar-refractivity contribution in [3.05, 3.63) is 47.5 Å². The van der Waals surface area contributed by atoms with Crippen molar-refractivity contribution in [3.63, 3.8) is 0 Å². The van der Waals surface area contributed by atoms with Gasteiger partial charge < -0.3 is 25.1 Å². The monoisotopic (exact) mass is 731 g/mol. The maximum absolute atomic E-state index is 14.6. The molecule has 0 bridgehead atoms. The molecule has 1 aromatic rings. The number of hydrogen-bond donors (Lipinski definition) is 3. The Kier molecular flexibility index (Phi) is 9.85. The molecule has 5 aliphatic rings. The fourth-order valence-electron chi connectivity index (χ4n) is 7.22. The summed E-state index contributed by atoms with van der Waals surface area (Å²) >= 11 is 6.24. The van der Waals surface area contributed by atoms with Crippen molar-refractivity contribution >= 4 is 51.0 Å². The largest absolute Gasteiger partial charge is 0.387 e. The molecular formula is C35H46ClN5O8S. The van der Waals surface area contributed by atoms with Crippen LogP contribution >= 0.6 is 11.6 Å². The zero-order valence-electron chi connectivity index (χ0n) is 28.7. The first-order valence-electron chi connectivity index (χ1n) is 17.2. The predicted octanol–water partition coefficient (Wildman–Crippen LogP) is 2.82. The van der Waals surface area contributed by atoms with Crippen molar-refractivity contribution in [1.82, 2.24) is 20.3 Å². The number of likely N-dealkylation sites (tertiary alicyclic amines) is 1. The Morgan fingerprint density at radius 3 is 2.48 bits per heavy atom. The Hall–Kier alpha value is -3.49. The third kappa shape index (κ3) is 7.57. The highest BCUT2D eigenvalue weighted by atomic mass is 35.5. The number of carbonyl (C=O) groups excluding carboxylic acids is 4. The van der Waals surface area contributed by atoms with Gasteiger partial charge in [-0.25, -0.2) is 8.42 Å². The number of nitrogens with one attached hydrogen (secondary N) is 3. The van der Waals surface area contributed by atoms with E-state index < -0.39 is 67.6 Å². The molecule has 4 fully saturated rings. The molecule has 0 aromatic heterocycles. The lowest BCUT2D eigenvalue weighted by Gasteiger charge is -2.36. The van der Waals surface area contributed by atoms with Crippen LogP contribution in [0.25, 0.3) is 0 Å². The minimum absolute atomic E-state index is 0.0138. The summed E-state index contributed by atoms with van der Waals surface area (Å²) in [5.41, 5.74) is -2.00. The van der Waals surface area contributed by atoms with E-state index >= 15 is 0 Å². The van der Waals surface area contributed by atoms with Crippen LogP contribution in [0.3, 0.4) is 0 Å². The first kappa shape index (κ1) is 36.3. The van der Waals surface area contributed by atoms with Crippen molar-refractivity contribution < 1.29 is 37.2 Å². The van der Waals surface area contributed by atoms with Crippen LogP contribution in [-0.2, 0) is 38.8 Å². The number of benzene rings is 1. The molecule has 13 nitrogen and oxygen atoms in total. The zero-order chi connectivity index (χ0) is 36.1. The number of nitrogens with zero attached hydrogens (tertiary/aromatic N) is 2. The molecule has 272 valence electrons. The van der Waals surface area contributed by atoms with Gasteiger partial charge in [-0.2, -0.15) is 0 Å². The molecule has 0 unspecified atom stereocenters. The summed E-state index contributed by atoms with van der Waals surface area (Å²) in [6, 6.07) is 5.03. The van der Waals surface area contributed by atoms with Crippen LogP contribution in [0.5, 0.6) is 0 Å². The minimum atomic E-state index is -3.89. The Bertz CT molecular complexity index is 1700. The molecule has 1 spiro atoms. The predicted molar refractivity (Wildman–Crippen MR) is 185 cm³/mol. The average molecular weight is 732 g/mol. The number of rotatable bonds is 11. The van der Waals surface area contributed by atoms with E-state index in [1.807, 2.05) is 26.8 Å². The Labute approximate surface area is 297 Å². The molecule has 6 rings (SSSR count). The van der Waals surface area contributed by atoms with Gasteiger partial charge in [0.05, 0.1) is 17.5 Å². The maximum atomic E-state index is 14.6. The van der Waals surface area contributed by atoms with E-state index in [0.29, 0.717) is 36.8 Å². The molecule has 50 heavy (non-hydrogen) atoms. The molecule has 2 saturated heterocycles. The second kappa shape index (κ2) is 13.6. The normalized spacial score (nSPS) is 28.7. The molecule has 1 aromatic carbocycles. The summed E-state index contributed by atoms with van der Waals surface area (Å²) in [4.78, 5) is 63.2. The SMILES string of the molecule is C=C[C@@H]1C[C@]1(NC(=O)[C@@H]1C[C@]2(CC(c3cccc(Cl)c3)=NO2)CN1C(=O)[C@@H](NC(=O)CC1CCOCC1)C(C)(C)C)C(=O)NS(=O)(=O)C1CC1. The highest BCUT2D eigenvalue weighted by Crippen LogP contribution is 2.46. The zero-order valence-corrected chi connectivity index (χ0v) is 30.3. The summed E-state index contributed by atoms with van der Waals surface area (Å²) in [5.74, 6) is -2.56. The van der Waals surface area contributed by atoms with Gasteiger partial charge in [-0.3, -0.25) is 23.9 Å². The third-order valence-corrected chi connectivity index (χ3v) is 12.5. The van der Waals surface area contributed by atoms with E-state index in [4.69, 9.17) is 21.2 Å². The second-order valence-electron chi connectivity index (χ2n) is 15.5. The first-order valence-corrected chi connectivity index (χ1v) is 19.2. The molecule has 4 amide bonds. The fourth-order valence-corrected chi connectivity index (χ4v) is 8.77. The van der Waals surface area contributed by atoms with Gasteiger partial charge in [0.2, 0.25) is 27.7 Å². The summed E-state index contributed by atoms with van der Waals surface area (Å²) < 4.78 is 32.9. The lowest BCUT2D eigenvalue weighted by molar-refractivity contribution is -0.145. The van der Waals surface area contributed by atoms with Crippen LogP contribution in [0.2, 0.25) is 5.02 Å². The second-order valence-corrected chi connectivity index (χ2v) is 17.9. The van der Waals surface area contributed by atoms with Crippen LogP contribution in [0, 0.1) is 17.3 Å². The van der Waals surface area contributed by atoms with E-state index in [1.54, 1.807) is 18.2 Å². The van der Waals surface area contributed by atoms with Crippen LogP contribution in [0.15, 0.2) is 42.1 Å². The molecule has 2 aliphatic carbocycles. The quantitative estimate of drug-likeness (QED) is 0.292. The number of sulfonamides is 1. The van der Waals surface area contributed by atoms with Crippen molar-refractivity contribution in [2.75, 3.05) is 19.8 Å². The number of amides is 4. The van der Waals surface area contributed by atoms with Crippen LogP contribution in [0.4, 0.5) is 0 Å². The van der Waals surface area contributed by atoms with Gasteiger partial charge in [0.1, 0.15) is 17.6 Å². The molecule has 5 atom stereocenters. The van der Waals surface area contributed by atoms with E-state index in [1.165, 1.54) is 11.0 Å². The molecule has 3 heterocycles. The molecule has 0 radical (unpaired) electrons. The van der Waals surface area contributed by atoms with Gasteiger partial charge in [-0.15, -0.1) is 6.58 Å². The maximum Gasteiger partial charge on any atom is 0.259 e. The van der Waals surface area contributed by atoms with Crippen LogP contribution in [-0.4, -0.2) is 90.9 Å². The Morgan fingerprint density at radius 1 is 1.14 bits per heavy atom. The number of halogens is 1. The van der Waals surface area contributed by atoms with Crippen molar-refractivity contribution in [3.8, 4) is 0 Å². The van der Waals surface area contributed by atoms with Crippen LogP contribution in [0.1, 0.15) is 77.7 Å². The van der Waals surface area contributed by atoms with Gasteiger partial charge in [0.25, 0.3) is 5.91 Å². The number of carbonyl (C=O) groups is 4. The topological polar surface area (TPSA) is 173 Å². The summed E-state index contributed by atoms with van der Waals surface area (Å²) in [5, 5.41) is 10.0. The molecule has 2 saturated carbocycles. The van der Waals surface area contributed by atoms with E-state index in [9.17, 15) is 27.6 Å². The number of ether oxygens (including phenoxy) is 1.